The third-order valence-electron chi connectivity index (χ3n) is 6.41. The topological polar surface area (TPSA) is 233 Å². The van der Waals surface area contributed by atoms with Gasteiger partial charge >= 0.3 is 11.9 Å². The fraction of sp³-hybridized carbons (Fsp3) is 0.440. The van der Waals surface area contributed by atoms with Gasteiger partial charge in [0.2, 0.25) is 23.6 Å². The van der Waals surface area contributed by atoms with Crippen LogP contribution in [0, 0.1) is 0 Å². The van der Waals surface area contributed by atoms with Gasteiger partial charge < -0.3 is 42.2 Å². The number of carboxylic acid groups (broad SMARTS) is 2. The molecule has 14 heteroatoms. The van der Waals surface area contributed by atoms with Gasteiger partial charge in [0.15, 0.2) is 0 Å². The zero-order valence-corrected chi connectivity index (χ0v) is 21.1. The van der Waals surface area contributed by atoms with Crippen molar-refractivity contribution in [3.05, 3.63) is 36.0 Å². The largest absolute Gasteiger partial charge is 0.481 e. The number of hydrogen-bond donors (Lipinski definition) is 8. The smallest absolute Gasteiger partial charge is 0.326 e. The molecule has 1 aliphatic heterocycles. The average molecular weight is 545 g/mol. The number of primary amides is 1. The number of benzene rings is 1. The fourth-order valence-electron chi connectivity index (χ4n) is 4.38. The van der Waals surface area contributed by atoms with Gasteiger partial charge in [-0.15, -0.1) is 0 Å². The molecule has 1 fully saturated rings. The molecular formula is C25H32N6O8. The van der Waals surface area contributed by atoms with E-state index < -0.39 is 66.2 Å². The summed E-state index contributed by atoms with van der Waals surface area (Å²) < 4.78 is 0. The van der Waals surface area contributed by atoms with Crippen molar-refractivity contribution in [3.8, 4) is 0 Å². The lowest BCUT2D eigenvalue weighted by Crippen LogP contribution is -2.58. The number of nitrogens with two attached hydrogens (primary N) is 1. The molecule has 2 aromatic rings. The Morgan fingerprint density at radius 1 is 0.974 bits per heavy atom. The first-order valence-electron chi connectivity index (χ1n) is 12.5. The molecule has 39 heavy (non-hydrogen) atoms. The van der Waals surface area contributed by atoms with Crippen molar-refractivity contribution in [1.29, 1.82) is 0 Å². The molecule has 0 aliphatic carbocycles. The molecule has 14 nitrogen and oxygen atoms in total. The Morgan fingerprint density at radius 2 is 1.67 bits per heavy atom. The van der Waals surface area contributed by atoms with Crippen LogP contribution in [0.3, 0.4) is 0 Å². The van der Waals surface area contributed by atoms with Gasteiger partial charge in [-0.2, -0.15) is 0 Å². The summed E-state index contributed by atoms with van der Waals surface area (Å²) in [5.74, 6) is -5.97. The SMILES string of the molecule is NC(=O)CCC(NC(=O)C(CC(=O)O)NC(=O)C(Cc1c[nH]c2ccccc12)NC(=O)C1CCCN1)C(=O)O. The van der Waals surface area contributed by atoms with E-state index >= 15 is 0 Å². The van der Waals surface area contributed by atoms with Gasteiger partial charge in [-0.05, 0) is 37.4 Å². The van der Waals surface area contributed by atoms with E-state index in [1.165, 1.54) is 0 Å². The van der Waals surface area contributed by atoms with E-state index in [0.29, 0.717) is 18.5 Å². The quantitative estimate of drug-likeness (QED) is 0.142. The Labute approximate surface area is 223 Å². The van der Waals surface area contributed by atoms with Crippen LogP contribution in [0.15, 0.2) is 30.5 Å². The molecule has 4 atom stereocenters. The zero-order chi connectivity index (χ0) is 28.5. The van der Waals surface area contributed by atoms with Gasteiger partial charge in [-0.1, -0.05) is 18.2 Å². The van der Waals surface area contributed by atoms with Gasteiger partial charge in [0.1, 0.15) is 18.1 Å². The molecule has 210 valence electrons. The Hall–Kier alpha value is -4.46. The molecule has 0 bridgehead atoms. The lowest BCUT2D eigenvalue weighted by molar-refractivity contribution is -0.143. The van der Waals surface area contributed by atoms with Crippen LogP contribution in [0.1, 0.15) is 37.7 Å². The summed E-state index contributed by atoms with van der Waals surface area (Å²) in [5, 5.41) is 29.8. The van der Waals surface area contributed by atoms with E-state index in [1.807, 2.05) is 24.3 Å². The summed E-state index contributed by atoms with van der Waals surface area (Å²) in [7, 11) is 0. The normalized spacial score (nSPS) is 17.1. The maximum atomic E-state index is 13.4. The second kappa shape index (κ2) is 13.4. The van der Waals surface area contributed by atoms with Crippen molar-refractivity contribution < 1.29 is 39.0 Å². The van der Waals surface area contributed by atoms with Gasteiger partial charge in [0, 0.05) is 29.9 Å². The molecule has 0 spiro atoms. The number of hydrogen-bond acceptors (Lipinski definition) is 7. The first kappa shape index (κ1) is 29.1. The van der Waals surface area contributed by atoms with E-state index in [0.717, 1.165) is 17.3 Å². The summed E-state index contributed by atoms with van der Waals surface area (Å²) >= 11 is 0. The summed E-state index contributed by atoms with van der Waals surface area (Å²) in [6, 6.07) is 2.49. The second-order valence-corrected chi connectivity index (χ2v) is 9.34. The number of carbonyl (C=O) groups is 6. The molecule has 4 unspecified atom stereocenters. The number of aliphatic carboxylic acids is 2. The second-order valence-electron chi connectivity index (χ2n) is 9.34. The van der Waals surface area contributed by atoms with Crippen LogP contribution in [0.2, 0.25) is 0 Å². The number of fused-ring (bicyclic) bond motifs is 1. The molecule has 2 heterocycles. The summed E-state index contributed by atoms with van der Waals surface area (Å²) in [5.41, 5.74) is 6.58. The minimum Gasteiger partial charge on any atom is -0.481 e. The first-order valence-corrected chi connectivity index (χ1v) is 12.5. The third kappa shape index (κ3) is 8.26. The predicted octanol–water partition coefficient (Wildman–Crippen LogP) is -1.26. The minimum absolute atomic E-state index is 0.0338. The van der Waals surface area contributed by atoms with Crippen LogP contribution in [0.4, 0.5) is 0 Å². The number of carboxylic acids is 2. The maximum absolute atomic E-state index is 13.4. The van der Waals surface area contributed by atoms with Gasteiger partial charge in [-0.25, -0.2) is 4.79 Å². The van der Waals surface area contributed by atoms with Crippen LogP contribution >= 0.6 is 0 Å². The number of para-hydroxylation sites is 1. The van der Waals surface area contributed by atoms with E-state index in [-0.39, 0.29) is 19.3 Å². The molecule has 0 saturated carbocycles. The number of aromatic nitrogens is 1. The Kier molecular flexibility index (Phi) is 9.98. The average Bonchev–Trinajstić information content (AvgIpc) is 3.56. The van der Waals surface area contributed by atoms with E-state index in [2.05, 4.69) is 26.3 Å². The lowest BCUT2D eigenvalue weighted by atomic mass is 10.0. The van der Waals surface area contributed by atoms with E-state index in [9.17, 15) is 39.0 Å². The molecule has 1 aliphatic rings. The van der Waals surface area contributed by atoms with Gasteiger partial charge in [-0.3, -0.25) is 24.0 Å². The summed E-state index contributed by atoms with van der Waals surface area (Å²) in [4.78, 5) is 76.2. The van der Waals surface area contributed by atoms with Crippen molar-refractivity contribution in [2.45, 2.75) is 62.7 Å². The molecule has 0 radical (unpaired) electrons. The molecule has 1 saturated heterocycles. The van der Waals surface area contributed by atoms with Crippen molar-refractivity contribution in [3.63, 3.8) is 0 Å². The van der Waals surface area contributed by atoms with Crippen molar-refractivity contribution in [2.75, 3.05) is 6.54 Å². The first-order chi connectivity index (χ1) is 18.5. The summed E-state index contributed by atoms with van der Waals surface area (Å²) in [6.07, 6.45) is 1.60. The highest BCUT2D eigenvalue weighted by atomic mass is 16.4. The van der Waals surface area contributed by atoms with Crippen LogP contribution in [0.5, 0.6) is 0 Å². The van der Waals surface area contributed by atoms with E-state index in [1.54, 1.807) is 6.20 Å². The van der Waals surface area contributed by atoms with Crippen LogP contribution < -0.4 is 27.0 Å². The molecule has 1 aromatic carbocycles. The number of nitrogens with one attached hydrogen (secondary N) is 5. The van der Waals surface area contributed by atoms with Crippen LogP contribution in [0.25, 0.3) is 10.9 Å². The third-order valence-corrected chi connectivity index (χ3v) is 6.41. The van der Waals surface area contributed by atoms with Crippen LogP contribution in [-0.4, -0.2) is 81.5 Å². The van der Waals surface area contributed by atoms with Crippen LogP contribution in [-0.2, 0) is 35.2 Å². The Morgan fingerprint density at radius 3 is 2.31 bits per heavy atom. The number of H-pyrrole nitrogens is 1. The molecular weight excluding hydrogens is 512 g/mol. The highest BCUT2D eigenvalue weighted by molar-refractivity contribution is 5.96. The minimum atomic E-state index is -1.66. The standard InChI is InChI=1S/C25H32N6O8/c26-20(32)8-7-17(25(38)39)29-24(37)19(11-21(33)34)31-23(36)18(30-22(35)16-6-3-9-27-16)10-13-12-28-15-5-2-1-4-14(13)15/h1-2,4-5,12,16-19,27-28H,3,6-11H2,(H2,26,32)(H,29,37)(H,30,35)(H,31,36)(H,33,34)(H,38,39). The monoisotopic (exact) mass is 544 g/mol. The van der Waals surface area contributed by atoms with Crippen molar-refractivity contribution >= 4 is 46.5 Å². The number of amides is 4. The van der Waals surface area contributed by atoms with Crippen molar-refractivity contribution in [2.24, 2.45) is 5.73 Å². The highest BCUT2D eigenvalue weighted by Crippen LogP contribution is 2.19. The highest BCUT2D eigenvalue weighted by Gasteiger charge is 2.33. The van der Waals surface area contributed by atoms with Gasteiger partial charge in [0.05, 0.1) is 12.5 Å². The van der Waals surface area contributed by atoms with Gasteiger partial charge in [0.25, 0.3) is 0 Å². The molecule has 4 amide bonds. The number of rotatable bonds is 14. The maximum Gasteiger partial charge on any atom is 0.326 e. The zero-order valence-electron chi connectivity index (χ0n) is 21.1. The van der Waals surface area contributed by atoms with Crippen molar-refractivity contribution in [1.82, 2.24) is 26.3 Å². The Balaban J connectivity index is 1.80. The molecule has 3 rings (SSSR count). The summed E-state index contributed by atoms with van der Waals surface area (Å²) in [6.45, 7) is 0.652. The fourth-order valence-corrected chi connectivity index (χ4v) is 4.38. The molecule has 1 aromatic heterocycles. The number of carbonyl (C=O) groups excluding carboxylic acids is 4. The predicted molar refractivity (Wildman–Crippen MR) is 137 cm³/mol. The lowest BCUT2D eigenvalue weighted by Gasteiger charge is -2.24. The molecule has 9 N–H and O–H groups in total. The van der Waals surface area contributed by atoms with E-state index in [4.69, 9.17) is 5.73 Å². The number of aromatic amines is 1. The Bertz CT molecular complexity index is 1240.